The van der Waals surface area contributed by atoms with Gasteiger partial charge in [-0.3, -0.25) is 0 Å². The molecule has 0 aromatic carbocycles. The van der Waals surface area contributed by atoms with Crippen molar-refractivity contribution in [2.45, 2.75) is 72.4 Å². The van der Waals surface area contributed by atoms with Gasteiger partial charge in [-0.05, 0) is 59.5 Å². The van der Waals surface area contributed by atoms with Gasteiger partial charge in [-0.15, -0.1) is 0 Å². The summed E-state index contributed by atoms with van der Waals surface area (Å²) in [5.41, 5.74) is 2.94. The summed E-state index contributed by atoms with van der Waals surface area (Å²) < 4.78 is 0. The van der Waals surface area contributed by atoms with Gasteiger partial charge in [0.05, 0.1) is 0 Å². The van der Waals surface area contributed by atoms with Crippen molar-refractivity contribution in [3.63, 3.8) is 0 Å². The molecule has 1 rings (SSSR count). The molecule has 1 heterocycles. The predicted molar refractivity (Wildman–Crippen MR) is 86.2 cm³/mol. The summed E-state index contributed by atoms with van der Waals surface area (Å²) in [4.78, 5) is 2.46. The molecule has 1 saturated heterocycles. The number of allylic oxidation sites excluding steroid dienone is 3. The number of piperidine rings is 1. The Bertz CT molecular complexity index is 452. The second-order valence-electron chi connectivity index (χ2n) is 6.18. The quantitative estimate of drug-likeness (QED) is 0.773. The molecule has 2 nitrogen and oxygen atoms in total. The van der Waals surface area contributed by atoms with Crippen LogP contribution in [0.3, 0.4) is 0 Å². The van der Waals surface area contributed by atoms with E-state index >= 15 is 0 Å². The molecule has 0 radical (unpaired) electrons. The minimum atomic E-state index is -0.927. The van der Waals surface area contributed by atoms with Crippen LogP contribution in [0.4, 0.5) is 0 Å². The van der Waals surface area contributed by atoms with Crippen molar-refractivity contribution >= 4 is 0 Å². The van der Waals surface area contributed by atoms with Gasteiger partial charge in [0.1, 0.15) is 5.60 Å². The number of rotatable bonds is 2. The van der Waals surface area contributed by atoms with Crippen molar-refractivity contribution < 1.29 is 5.11 Å². The summed E-state index contributed by atoms with van der Waals surface area (Å²) in [6.07, 6.45) is 5.39. The Morgan fingerprint density at radius 2 is 2.10 bits per heavy atom. The second-order valence-corrected chi connectivity index (χ2v) is 6.18. The fourth-order valence-corrected chi connectivity index (χ4v) is 2.64. The maximum atomic E-state index is 9.80. The van der Waals surface area contributed by atoms with E-state index in [0.29, 0.717) is 6.04 Å². The normalized spacial score (nSPS) is 21.0. The molecule has 0 saturated carbocycles. The Balaban J connectivity index is 3.22. The van der Waals surface area contributed by atoms with Crippen LogP contribution in [0.5, 0.6) is 0 Å². The molecule has 1 fully saturated rings. The predicted octanol–water partition coefficient (Wildman–Crippen LogP) is 3.88. The summed E-state index contributed by atoms with van der Waals surface area (Å²) in [6, 6.07) is 0.511. The standard InChI is InChI=1S/C18H29NO/c1-7-15(11-12-18(5,6)20)16-10-9-13-19(14(3)4)17(16)8-2/h8,14,20H,7,9-10,13H2,1-6H3/b16-15+,17-8+. The molecule has 0 aromatic heterocycles. The minimum absolute atomic E-state index is 0.511. The molecule has 2 heteroatoms. The Morgan fingerprint density at radius 3 is 2.55 bits per heavy atom. The lowest BCUT2D eigenvalue weighted by Crippen LogP contribution is -2.35. The zero-order valence-corrected chi connectivity index (χ0v) is 13.9. The molecule has 1 N–H and O–H groups in total. The highest BCUT2D eigenvalue weighted by Gasteiger charge is 2.22. The molecule has 112 valence electrons. The number of hydrogen-bond acceptors (Lipinski definition) is 2. The van der Waals surface area contributed by atoms with Gasteiger partial charge < -0.3 is 10.0 Å². The first kappa shape index (κ1) is 16.9. The maximum Gasteiger partial charge on any atom is 0.120 e. The largest absolute Gasteiger partial charge is 0.378 e. The van der Waals surface area contributed by atoms with Gasteiger partial charge in [0.2, 0.25) is 0 Å². The third-order valence-electron chi connectivity index (χ3n) is 3.58. The summed E-state index contributed by atoms with van der Waals surface area (Å²) in [5, 5.41) is 9.80. The van der Waals surface area contributed by atoms with Crippen molar-refractivity contribution in [2.75, 3.05) is 6.54 Å². The van der Waals surface area contributed by atoms with E-state index in [2.05, 4.69) is 50.5 Å². The first-order chi connectivity index (χ1) is 9.30. The first-order valence-electron chi connectivity index (χ1n) is 7.71. The molecule has 0 aliphatic carbocycles. The van der Waals surface area contributed by atoms with Crippen LogP contribution >= 0.6 is 0 Å². The molecular formula is C18H29NO. The maximum absolute atomic E-state index is 9.80. The van der Waals surface area contributed by atoms with Gasteiger partial charge in [-0.25, -0.2) is 0 Å². The van der Waals surface area contributed by atoms with Crippen LogP contribution in [0.2, 0.25) is 0 Å². The summed E-state index contributed by atoms with van der Waals surface area (Å²) in [7, 11) is 0. The SMILES string of the molecule is C/C=C1\C(=C(\C#CC(C)(C)O)CC)CCCN1C(C)C. The fraction of sp³-hybridized carbons (Fsp3) is 0.667. The Morgan fingerprint density at radius 1 is 1.45 bits per heavy atom. The van der Waals surface area contributed by atoms with Gasteiger partial charge >= 0.3 is 0 Å². The van der Waals surface area contributed by atoms with Crippen molar-refractivity contribution in [3.8, 4) is 11.8 Å². The van der Waals surface area contributed by atoms with Gasteiger partial charge in [-0.1, -0.05) is 24.8 Å². The highest BCUT2D eigenvalue weighted by molar-refractivity contribution is 5.45. The third kappa shape index (κ3) is 4.42. The van der Waals surface area contributed by atoms with Crippen LogP contribution in [-0.2, 0) is 0 Å². The summed E-state index contributed by atoms with van der Waals surface area (Å²) in [6.45, 7) is 13.3. The Kier molecular flexibility index (Phi) is 5.89. The van der Waals surface area contributed by atoms with Crippen molar-refractivity contribution in [1.29, 1.82) is 0 Å². The molecule has 0 aromatic rings. The van der Waals surface area contributed by atoms with E-state index in [1.165, 1.54) is 23.3 Å². The summed E-state index contributed by atoms with van der Waals surface area (Å²) in [5.74, 6) is 6.18. The van der Waals surface area contributed by atoms with Gasteiger partial charge in [-0.2, -0.15) is 0 Å². The number of nitrogens with zero attached hydrogens (tertiary/aromatic N) is 1. The average molecular weight is 275 g/mol. The molecule has 0 amide bonds. The zero-order chi connectivity index (χ0) is 15.3. The van der Waals surface area contributed by atoms with Crippen LogP contribution in [0, 0.1) is 11.8 Å². The first-order valence-corrected chi connectivity index (χ1v) is 7.71. The second kappa shape index (κ2) is 6.99. The van der Waals surface area contributed by atoms with E-state index < -0.39 is 5.60 Å². The van der Waals surface area contributed by atoms with Gasteiger partial charge in [0.25, 0.3) is 0 Å². The van der Waals surface area contributed by atoms with Crippen LogP contribution in [0.1, 0.15) is 60.8 Å². The van der Waals surface area contributed by atoms with Gasteiger partial charge in [0.15, 0.2) is 0 Å². The third-order valence-corrected chi connectivity index (χ3v) is 3.58. The van der Waals surface area contributed by atoms with Crippen LogP contribution < -0.4 is 0 Å². The lowest BCUT2D eigenvalue weighted by molar-refractivity contribution is 0.143. The smallest absolute Gasteiger partial charge is 0.120 e. The van der Waals surface area contributed by atoms with E-state index in [1.807, 2.05) is 0 Å². The van der Waals surface area contributed by atoms with Crippen LogP contribution in [0.15, 0.2) is 22.9 Å². The molecular weight excluding hydrogens is 246 g/mol. The molecule has 0 bridgehead atoms. The summed E-state index contributed by atoms with van der Waals surface area (Å²) >= 11 is 0. The van der Waals surface area contributed by atoms with Crippen molar-refractivity contribution in [2.24, 2.45) is 0 Å². The number of likely N-dealkylation sites (tertiary alicyclic amines) is 1. The Labute approximate surface area is 124 Å². The van der Waals surface area contributed by atoms with Crippen molar-refractivity contribution in [3.05, 3.63) is 22.9 Å². The van der Waals surface area contributed by atoms with Crippen LogP contribution in [0.25, 0.3) is 0 Å². The topological polar surface area (TPSA) is 23.5 Å². The molecule has 20 heavy (non-hydrogen) atoms. The van der Waals surface area contributed by atoms with E-state index in [-0.39, 0.29) is 0 Å². The molecule has 1 aliphatic rings. The lowest BCUT2D eigenvalue weighted by atomic mass is 9.92. The highest BCUT2D eigenvalue weighted by Crippen LogP contribution is 2.31. The lowest BCUT2D eigenvalue weighted by Gasteiger charge is -2.37. The van der Waals surface area contributed by atoms with E-state index in [4.69, 9.17) is 0 Å². The number of aliphatic hydroxyl groups is 1. The molecule has 1 aliphatic heterocycles. The fourth-order valence-electron chi connectivity index (χ4n) is 2.64. The highest BCUT2D eigenvalue weighted by atomic mass is 16.3. The van der Waals surface area contributed by atoms with Crippen molar-refractivity contribution in [1.82, 2.24) is 4.90 Å². The minimum Gasteiger partial charge on any atom is -0.378 e. The molecule has 0 atom stereocenters. The molecule has 0 unspecified atom stereocenters. The zero-order valence-electron chi connectivity index (χ0n) is 13.9. The monoisotopic (exact) mass is 275 g/mol. The van der Waals surface area contributed by atoms with E-state index in [0.717, 1.165) is 19.4 Å². The number of hydrogen-bond donors (Lipinski definition) is 1. The van der Waals surface area contributed by atoms with E-state index in [9.17, 15) is 5.11 Å². The Hall–Kier alpha value is -1.20. The van der Waals surface area contributed by atoms with Gasteiger partial charge in [0, 0.05) is 23.9 Å². The van der Waals surface area contributed by atoms with E-state index in [1.54, 1.807) is 13.8 Å². The molecule has 0 spiro atoms. The average Bonchev–Trinajstić information content (AvgIpc) is 2.37. The van der Waals surface area contributed by atoms with Crippen LogP contribution in [-0.4, -0.2) is 28.2 Å².